The van der Waals surface area contributed by atoms with Crippen molar-refractivity contribution in [2.75, 3.05) is 6.54 Å². The van der Waals surface area contributed by atoms with E-state index in [4.69, 9.17) is 0 Å². The minimum Gasteiger partial charge on any atom is -0.338 e. The van der Waals surface area contributed by atoms with Gasteiger partial charge in [-0.1, -0.05) is 25.1 Å². The number of nitrogens with zero attached hydrogens (tertiary/aromatic N) is 1. The van der Waals surface area contributed by atoms with Crippen LogP contribution >= 0.6 is 0 Å². The van der Waals surface area contributed by atoms with E-state index in [-0.39, 0.29) is 6.03 Å². The molecule has 1 aromatic heterocycles. The van der Waals surface area contributed by atoms with E-state index in [0.29, 0.717) is 13.1 Å². The lowest BCUT2D eigenvalue weighted by Gasteiger charge is -2.08. The van der Waals surface area contributed by atoms with Crippen LogP contribution < -0.4 is 10.6 Å². The third kappa shape index (κ3) is 2.97. The lowest BCUT2D eigenvalue weighted by Crippen LogP contribution is -2.35. The SMILES string of the molecule is CCCNC(=O)NCc1ccnc2ccccc12. The zero-order valence-electron chi connectivity index (χ0n) is 10.4. The molecule has 0 radical (unpaired) electrons. The maximum absolute atomic E-state index is 11.5. The van der Waals surface area contributed by atoms with E-state index in [9.17, 15) is 4.79 Å². The van der Waals surface area contributed by atoms with Gasteiger partial charge in [-0.2, -0.15) is 0 Å². The number of para-hydroxylation sites is 1. The summed E-state index contributed by atoms with van der Waals surface area (Å²) in [4.78, 5) is 15.8. The molecule has 0 atom stereocenters. The molecule has 4 nitrogen and oxygen atoms in total. The third-order valence-electron chi connectivity index (χ3n) is 2.71. The highest BCUT2D eigenvalue weighted by atomic mass is 16.2. The van der Waals surface area contributed by atoms with Crippen LogP contribution in [0.5, 0.6) is 0 Å². The van der Waals surface area contributed by atoms with E-state index in [2.05, 4.69) is 15.6 Å². The molecular weight excluding hydrogens is 226 g/mol. The Labute approximate surface area is 106 Å². The average Bonchev–Trinajstić information content (AvgIpc) is 2.42. The summed E-state index contributed by atoms with van der Waals surface area (Å²) in [5.41, 5.74) is 2.03. The zero-order chi connectivity index (χ0) is 12.8. The lowest BCUT2D eigenvalue weighted by molar-refractivity contribution is 0.240. The van der Waals surface area contributed by atoms with Gasteiger partial charge < -0.3 is 10.6 Å². The van der Waals surface area contributed by atoms with Gasteiger partial charge in [-0.3, -0.25) is 4.98 Å². The van der Waals surface area contributed by atoms with E-state index in [0.717, 1.165) is 22.9 Å². The molecule has 0 spiro atoms. The van der Waals surface area contributed by atoms with Crippen LogP contribution in [0.1, 0.15) is 18.9 Å². The number of carbonyl (C=O) groups excluding carboxylic acids is 1. The Morgan fingerprint density at radius 2 is 2.06 bits per heavy atom. The number of fused-ring (bicyclic) bond motifs is 1. The third-order valence-corrected chi connectivity index (χ3v) is 2.71. The summed E-state index contributed by atoms with van der Waals surface area (Å²) >= 11 is 0. The highest BCUT2D eigenvalue weighted by Gasteiger charge is 2.03. The van der Waals surface area contributed by atoms with Crippen molar-refractivity contribution in [1.29, 1.82) is 0 Å². The smallest absolute Gasteiger partial charge is 0.315 e. The highest BCUT2D eigenvalue weighted by Crippen LogP contribution is 2.15. The zero-order valence-corrected chi connectivity index (χ0v) is 10.4. The van der Waals surface area contributed by atoms with Gasteiger partial charge in [0.1, 0.15) is 0 Å². The fraction of sp³-hybridized carbons (Fsp3) is 0.286. The number of nitrogens with one attached hydrogen (secondary N) is 2. The number of aromatic nitrogens is 1. The summed E-state index contributed by atoms with van der Waals surface area (Å²) < 4.78 is 0. The summed E-state index contributed by atoms with van der Waals surface area (Å²) in [6.07, 6.45) is 2.70. The van der Waals surface area contributed by atoms with E-state index in [1.807, 2.05) is 37.3 Å². The van der Waals surface area contributed by atoms with Crippen LogP contribution in [-0.4, -0.2) is 17.6 Å². The molecule has 0 aliphatic carbocycles. The fourth-order valence-corrected chi connectivity index (χ4v) is 1.79. The number of carbonyl (C=O) groups is 1. The highest BCUT2D eigenvalue weighted by molar-refractivity contribution is 5.82. The maximum atomic E-state index is 11.5. The van der Waals surface area contributed by atoms with E-state index < -0.39 is 0 Å². The predicted octanol–water partition coefficient (Wildman–Crippen LogP) is 2.44. The number of pyridine rings is 1. The van der Waals surface area contributed by atoms with Crippen LogP contribution in [0.25, 0.3) is 10.9 Å². The normalized spacial score (nSPS) is 10.3. The van der Waals surface area contributed by atoms with Crippen molar-refractivity contribution in [3.8, 4) is 0 Å². The quantitative estimate of drug-likeness (QED) is 0.866. The molecule has 0 saturated heterocycles. The summed E-state index contributed by atoms with van der Waals surface area (Å²) in [5.74, 6) is 0. The molecule has 2 amide bonds. The predicted molar refractivity (Wildman–Crippen MR) is 72.3 cm³/mol. The van der Waals surface area contributed by atoms with Crippen molar-refractivity contribution in [3.63, 3.8) is 0 Å². The first-order chi connectivity index (χ1) is 8.81. The van der Waals surface area contributed by atoms with Crippen molar-refractivity contribution >= 4 is 16.9 Å². The molecular formula is C14H17N3O. The average molecular weight is 243 g/mol. The first-order valence-corrected chi connectivity index (χ1v) is 6.15. The Balaban J connectivity index is 2.05. The van der Waals surface area contributed by atoms with Crippen molar-refractivity contribution in [3.05, 3.63) is 42.1 Å². The van der Waals surface area contributed by atoms with Crippen molar-refractivity contribution in [2.24, 2.45) is 0 Å². The number of amides is 2. The number of hydrogen-bond donors (Lipinski definition) is 2. The van der Waals surface area contributed by atoms with Gasteiger partial charge in [-0.25, -0.2) is 4.79 Å². The minimum atomic E-state index is -0.127. The molecule has 18 heavy (non-hydrogen) atoms. The first kappa shape index (κ1) is 12.4. The summed E-state index contributed by atoms with van der Waals surface area (Å²) in [6.45, 7) is 3.23. The molecule has 94 valence electrons. The van der Waals surface area contributed by atoms with E-state index in [1.54, 1.807) is 6.20 Å². The second-order valence-electron chi connectivity index (χ2n) is 4.10. The summed E-state index contributed by atoms with van der Waals surface area (Å²) in [5, 5.41) is 6.71. The van der Waals surface area contributed by atoms with Gasteiger partial charge >= 0.3 is 6.03 Å². The molecule has 4 heteroatoms. The molecule has 0 unspecified atom stereocenters. The van der Waals surface area contributed by atoms with Gasteiger partial charge in [-0.15, -0.1) is 0 Å². The van der Waals surface area contributed by atoms with Crippen molar-refractivity contribution in [1.82, 2.24) is 15.6 Å². The topological polar surface area (TPSA) is 54.0 Å². The number of benzene rings is 1. The molecule has 1 heterocycles. The standard InChI is InChI=1S/C14H17N3O/c1-2-8-16-14(18)17-10-11-7-9-15-13-6-4-3-5-12(11)13/h3-7,9H,2,8,10H2,1H3,(H2,16,17,18). The van der Waals surface area contributed by atoms with Crippen LogP contribution in [0.3, 0.4) is 0 Å². The minimum absolute atomic E-state index is 0.127. The van der Waals surface area contributed by atoms with Gasteiger partial charge in [0.2, 0.25) is 0 Å². The van der Waals surface area contributed by atoms with Gasteiger partial charge in [0, 0.05) is 24.7 Å². The summed E-state index contributed by atoms with van der Waals surface area (Å²) in [7, 11) is 0. The van der Waals surface area contributed by atoms with E-state index in [1.165, 1.54) is 0 Å². The molecule has 0 aliphatic heterocycles. The van der Waals surface area contributed by atoms with Gasteiger partial charge in [0.05, 0.1) is 5.52 Å². The Morgan fingerprint density at radius 3 is 2.89 bits per heavy atom. The lowest BCUT2D eigenvalue weighted by atomic mass is 10.1. The van der Waals surface area contributed by atoms with Crippen molar-refractivity contribution in [2.45, 2.75) is 19.9 Å². The molecule has 0 fully saturated rings. The molecule has 2 aromatic rings. The molecule has 0 bridgehead atoms. The molecule has 0 saturated carbocycles. The Bertz CT molecular complexity index is 534. The maximum Gasteiger partial charge on any atom is 0.315 e. The van der Waals surface area contributed by atoms with Gasteiger partial charge in [0.25, 0.3) is 0 Å². The number of hydrogen-bond acceptors (Lipinski definition) is 2. The number of urea groups is 1. The molecule has 2 rings (SSSR count). The van der Waals surface area contributed by atoms with Crippen molar-refractivity contribution < 1.29 is 4.79 Å². The summed E-state index contributed by atoms with van der Waals surface area (Å²) in [6, 6.07) is 9.73. The molecule has 2 N–H and O–H groups in total. The van der Waals surface area contributed by atoms with E-state index >= 15 is 0 Å². The fourth-order valence-electron chi connectivity index (χ4n) is 1.79. The van der Waals surface area contributed by atoms with Crippen LogP contribution in [0.15, 0.2) is 36.5 Å². The van der Waals surface area contributed by atoms with Crippen LogP contribution in [0, 0.1) is 0 Å². The van der Waals surface area contributed by atoms with Gasteiger partial charge in [0.15, 0.2) is 0 Å². The Hall–Kier alpha value is -2.10. The first-order valence-electron chi connectivity index (χ1n) is 6.15. The molecule has 0 aliphatic rings. The largest absolute Gasteiger partial charge is 0.338 e. The number of rotatable bonds is 4. The Morgan fingerprint density at radius 1 is 1.22 bits per heavy atom. The monoisotopic (exact) mass is 243 g/mol. The van der Waals surface area contributed by atoms with Crippen LogP contribution in [0.4, 0.5) is 4.79 Å². The van der Waals surface area contributed by atoms with Crippen LogP contribution in [0.2, 0.25) is 0 Å². The van der Waals surface area contributed by atoms with Crippen LogP contribution in [-0.2, 0) is 6.54 Å². The van der Waals surface area contributed by atoms with Gasteiger partial charge in [-0.05, 0) is 24.1 Å². The Kier molecular flexibility index (Phi) is 4.12. The second kappa shape index (κ2) is 6.00. The second-order valence-corrected chi connectivity index (χ2v) is 4.10. The molecule has 1 aromatic carbocycles.